The summed E-state index contributed by atoms with van der Waals surface area (Å²) in [5.41, 5.74) is -0.203. The summed E-state index contributed by atoms with van der Waals surface area (Å²) >= 11 is 6.02. The molecule has 25 heavy (non-hydrogen) atoms. The molecule has 140 valence electrons. The van der Waals surface area contributed by atoms with Gasteiger partial charge in [-0.2, -0.15) is 4.31 Å². The monoisotopic (exact) mass is 409 g/mol. The fraction of sp³-hybridized carbons (Fsp3) is 0.533. The van der Waals surface area contributed by atoms with Crippen LogP contribution in [0, 0.1) is 0 Å². The van der Waals surface area contributed by atoms with Gasteiger partial charge in [-0.25, -0.2) is 21.6 Å². The van der Waals surface area contributed by atoms with Crippen molar-refractivity contribution in [2.75, 3.05) is 11.5 Å². The summed E-state index contributed by atoms with van der Waals surface area (Å²) < 4.78 is 51.1. The van der Waals surface area contributed by atoms with Crippen LogP contribution in [0.25, 0.3) is 0 Å². The molecule has 0 unspecified atom stereocenters. The molecule has 1 aromatic carbocycles. The van der Waals surface area contributed by atoms with Gasteiger partial charge in [0, 0.05) is 12.1 Å². The van der Waals surface area contributed by atoms with Gasteiger partial charge < -0.3 is 5.11 Å². The predicted octanol–water partition coefficient (Wildman–Crippen LogP) is 2.01. The Bertz CT molecular complexity index is 881. The normalized spacial score (nSPS) is 21.4. The van der Waals surface area contributed by atoms with Gasteiger partial charge in [-0.3, -0.25) is 0 Å². The topological polar surface area (TPSA) is 109 Å². The van der Waals surface area contributed by atoms with Gasteiger partial charge in [0.1, 0.15) is 4.90 Å². The zero-order valence-electron chi connectivity index (χ0n) is 13.8. The highest BCUT2D eigenvalue weighted by Gasteiger charge is 2.41. The molecular formula is C15H20ClNO6S2. The number of benzene rings is 1. The van der Waals surface area contributed by atoms with E-state index in [9.17, 15) is 21.6 Å². The lowest BCUT2D eigenvalue weighted by atomic mass is 10.2. The van der Waals surface area contributed by atoms with E-state index in [1.54, 1.807) is 13.8 Å². The maximum absolute atomic E-state index is 13.2. The molecule has 0 saturated carbocycles. The van der Waals surface area contributed by atoms with E-state index < -0.39 is 37.9 Å². The molecule has 0 aromatic heterocycles. The molecule has 1 saturated heterocycles. The first-order chi connectivity index (χ1) is 11.5. The molecule has 1 aromatic rings. The number of rotatable bonds is 6. The Morgan fingerprint density at radius 3 is 2.56 bits per heavy atom. The molecule has 0 radical (unpaired) electrons. The van der Waals surface area contributed by atoms with Crippen LogP contribution in [0.5, 0.6) is 0 Å². The number of halogens is 1. The minimum absolute atomic E-state index is 0.0664. The maximum Gasteiger partial charge on any atom is 0.335 e. The average Bonchev–Trinajstić information content (AvgIpc) is 2.86. The largest absolute Gasteiger partial charge is 0.478 e. The minimum atomic E-state index is -4.16. The van der Waals surface area contributed by atoms with Crippen LogP contribution in [-0.4, -0.2) is 55.8 Å². The van der Waals surface area contributed by atoms with Crippen LogP contribution >= 0.6 is 11.6 Å². The molecule has 0 bridgehead atoms. The van der Waals surface area contributed by atoms with Gasteiger partial charge in [0.15, 0.2) is 9.84 Å². The van der Waals surface area contributed by atoms with Crippen molar-refractivity contribution in [2.24, 2.45) is 0 Å². The van der Waals surface area contributed by atoms with E-state index in [0.29, 0.717) is 6.42 Å². The first-order valence-electron chi connectivity index (χ1n) is 7.76. The second-order valence-corrected chi connectivity index (χ2v) is 10.5. The molecule has 1 fully saturated rings. The Kier molecular flexibility index (Phi) is 5.82. The highest BCUT2D eigenvalue weighted by molar-refractivity contribution is 7.92. The molecule has 0 spiro atoms. The number of carbonyl (C=O) groups is 1. The summed E-state index contributed by atoms with van der Waals surface area (Å²) in [4.78, 5) is 10.8. The van der Waals surface area contributed by atoms with E-state index in [0.717, 1.165) is 6.07 Å². The summed E-state index contributed by atoms with van der Waals surface area (Å²) in [5, 5.41) is 9.01. The van der Waals surface area contributed by atoms with Crippen molar-refractivity contribution in [3.8, 4) is 0 Å². The quantitative estimate of drug-likeness (QED) is 0.769. The van der Waals surface area contributed by atoms with Gasteiger partial charge in [0.2, 0.25) is 10.0 Å². The Balaban J connectivity index is 2.56. The Hall–Kier alpha value is -1.16. The van der Waals surface area contributed by atoms with Gasteiger partial charge in [-0.05, 0) is 38.0 Å². The summed E-state index contributed by atoms with van der Waals surface area (Å²) in [5.74, 6) is -1.58. The lowest BCUT2D eigenvalue weighted by Crippen LogP contribution is -2.46. The van der Waals surface area contributed by atoms with E-state index >= 15 is 0 Å². The van der Waals surface area contributed by atoms with Crippen molar-refractivity contribution >= 4 is 37.4 Å². The van der Waals surface area contributed by atoms with E-state index in [2.05, 4.69) is 0 Å². The highest BCUT2D eigenvalue weighted by atomic mass is 35.5. The predicted molar refractivity (Wildman–Crippen MR) is 94.2 cm³/mol. The summed E-state index contributed by atoms with van der Waals surface area (Å²) in [6.07, 6.45) is 0.689. The van der Waals surface area contributed by atoms with Gasteiger partial charge in [-0.1, -0.05) is 18.5 Å². The molecule has 1 heterocycles. The fourth-order valence-electron chi connectivity index (χ4n) is 2.90. The third kappa shape index (κ3) is 4.16. The van der Waals surface area contributed by atoms with Crippen molar-refractivity contribution in [3.63, 3.8) is 0 Å². The third-order valence-corrected chi connectivity index (χ3v) is 8.63. The molecule has 0 aliphatic carbocycles. The van der Waals surface area contributed by atoms with Crippen molar-refractivity contribution in [1.29, 1.82) is 0 Å². The SMILES string of the molecule is CC[C@@H](C)N([C@@H]1CCS(=O)(=O)C1)S(=O)(=O)c1cc(C(=O)O)ccc1Cl. The summed E-state index contributed by atoms with van der Waals surface area (Å²) in [6.45, 7) is 3.49. The molecule has 2 rings (SSSR count). The van der Waals surface area contributed by atoms with Gasteiger partial charge >= 0.3 is 5.97 Å². The van der Waals surface area contributed by atoms with E-state index in [1.807, 2.05) is 0 Å². The Labute approximate surface area is 152 Å². The lowest BCUT2D eigenvalue weighted by Gasteiger charge is -2.32. The number of hydrogen-bond donors (Lipinski definition) is 1. The van der Waals surface area contributed by atoms with Crippen molar-refractivity contribution in [3.05, 3.63) is 28.8 Å². The van der Waals surface area contributed by atoms with Crippen molar-refractivity contribution < 1.29 is 26.7 Å². The fourth-order valence-corrected chi connectivity index (χ4v) is 7.13. The van der Waals surface area contributed by atoms with E-state index in [1.165, 1.54) is 16.4 Å². The van der Waals surface area contributed by atoms with Crippen LogP contribution in [0.3, 0.4) is 0 Å². The number of carboxylic acid groups (broad SMARTS) is 1. The first-order valence-corrected chi connectivity index (χ1v) is 11.4. The number of aromatic carboxylic acids is 1. The molecule has 7 nitrogen and oxygen atoms in total. The first kappa shape index (κ1) is 20.2. The van der Waals surface area contributed by atoms with E-state index in [-0.39, 0.29) is 33.4 Å². The number of sulfonamides is 1. The second-order valence-electron chi connectivity index (χ2n) is 6.10. The third-order valence-electron chi connectivity index (χ3n) is 4.33. The Morgan fingerprint density at radius 1 is 1.44 bits per heavy atom. The standard InChI is InChI=1S/C15H20ClNO6S2/c1-3-10(2)17(12-6-7-24(20,21)9-12)25(22,23)14-8-11(15(18)19)4-5-13(14)16/h4-5,8,10,12H,3,6-7,9H2,1-2H3,(H,18,19)/t10-,12-/m1/s1. The van der Waals surface area contributed by atoms with Crippen molar-refractivity contribution in [2.45, 2.75) is 43.7 Å². The number of hydrogen-bond acceptors (Lipinski definition) is 5. The van der Waals surface area contributed by atoms with E-state index in [4.69, 9.17) is 16.7 Å². The molecule has 10 heteroatoms. The Morgan fingerprint density at radius 2 is 2.08 bits per heavy atom. The molecule has 1 N–H and O–H groups in total. The average molecular weight is 410 g/mol. The molecular weight excluding hydrogens is 390 g/mol. The van der Waals surface area contributed by atoms with Crippen LogP contribution in [-0.2, 0) is 19.9 Å². The van der Waals surface area contributed by atoms with Crippen LogP contribution < -0.4 is 0 Å². The number of nitrogens with zero attached hydrogens (tertiary/aromatic N) is 1. The zero-order valence-corrected chi connectivity index (χ0v) is 16.2. The van der Waals surface area contributed by atoms with Crippen molar-refractivity contribution in [1.82, 2.24) is 4.31 Å². The second kappa shape index (κ2) is 7.22. The van der Waals surface area contributed by atoms with Crippen LogP contribution in [0.2, 0.25) is 5.02 Å². The molecule has 2 atom stereocenters. The minimum Gasteiger partial charge on any atom is -0.478 e. The molecule has 0 amide bonds. The smallest absolute Gasteiger partial charge is 0.335 e. The summed E-state index contributed by atoms with van der Waals surface area (Å²) in [7, 11) is -7.45. The summed E-state index contributed by atoms with van der Waals surface area (Å²) in [6, 6.07) is 2.32. The van der Waals surface area contributed by atoms with Crippen LogP contribution in [0.15, 0.2) is 23.1 Å². The lowest BCUT2D eigenvalue weighted by molar-refractivity contribution is 0.0696. The van der Waals surface area contributed by atoms with Gasteiger partial charge in [0.05, 0.1) is 22.1 Å². The van der Waals surface area contributed by atoms with Crippen LogP contribution in [0.4, 0.5) is 0 Å². The van der Waals surface area contributed by atoms with Crippen LogP contribution in [0.1, 0.15) is 37.0 Å². The number of sulfone groups is 1. The zero-order chi connectivity index (χ0) is 19.0. The molecule has 1 aliphatic rings. The van der Waals surface area contributed by atoms with Gasteiger partial charge in [0.25, 0.3) is 0 Å². The van der Waals surface area contributed by atoms with Gasteiger partial charge in [-0.15, -0.1) is 0 Å². The maximum atomic E-state index is 13.2. The highest BCUT2D eigenvalue weighted by Crippen LogP contribution is 2.32. The number of carboxylic acids is 1. The molecule has 1 aliphatic heterocycles.